The lowest BCUT2D eigenvalue weighted by atomic mass is 10.1. The molecule has 2 rings (SSSR count). The second kappa shape index (κ2) is 6.54. The number of hydrogen-bond donors (Lipinski definition) is 3. The zero-order chi connectivity index (χ0) is 14.7. The van der Waals surface area contributed by atoms with E-state index in [1.165, 1.54) is 0 Å². The zero-order valence-corrected chi connectivity index (χ0v) is 13.0. The van der Waals surface area contributed by atoms with Gasteiger partial charge in [0.15, 0.2) is 0 Å². The van der Waals surface area contributed by atoms with Crippen LogP contribution in [0.25, 0.3) is 0 Å². The molecule has 5 nitrogen and oxygen atoms in total. The van der Waals surface area contributed by atoms with Crippen LogP contribution in [0.1, 0.15) is 43.4 Å². The van der Waals surface area contributed by atoms with Crippen molar-refractivity contribution in [3.63, 3.8) is 0 Å². The highest BCUT2D eigenvalue weighted by molar-refractivity contribution is 7.09. The van der Waals surface area contributed by atoms with Crippen LogP contribution >= 0.6 is 11.3 Å². The van der Waals surface area contributed by atoms with Crippen LogP contribution in [0.2, 0.25) is 0 Å². The highest BCUT2D eigenvalue weighted by Crippen LogP contribution is 2.41. The van der Waals surface area contributed by atoms with Crippen molar-refractivity contribution >= 4 is 17.4 Å². The van der Waals surface area contributed by atoms with Gasteiger partial charge < -0.3 is 15.7 Å². The maximum absolute atomic E-state index is 12.1. The third-order valence-electron chi connectivity index (χ3n) is 3.78. The number of nitrogens with one attached hydrogen (secondary N) is 2. The highest BCUT2D eigenvalue weighted by Gasteiger charge is 2.35. The minimum absolute atomic E-state index is 0.0188. The number of aliphatic hydroxyl groups is 1. The van der Waals surface area contributed by atoms with E-state index < -0.39 is 0 Å². The molecule has 1 saturated carbocycles. The van der Waals surface area contributed by atoms with Gasteiger partial charge in [0, 0.05) is 23.7 Å². The number of aryl methyl sites for hydroxylation is 1. The van der Waals surface area contributed by atoms with Crippen LogP contribution in [0.3, 0.4) is 0 Å². The van der Waals surface area contributed by atoms with Crippen LogP contribution in [0.15, 0.2) is 5.38 Å². The summed E-state index contributed by atoms with van der Waals surface area (Å²) in [5.74, 6) is 0.555. The third-order valence-corrected chi connectivity index (χ3v) is 4.83. The predicted molar refractivity (Wildman–Crippen MR) is 79.7 cm³/mol. The van der Waals surface area contributed by atoms with Gasteiger partial charge in [-0.15, -0.1) is 11.3 Å². The van der Waals surface area contributed by atoms with E-state index in [9.17, 15) is 4.79 Å². The molecule has 0 aliphatic heterocycles. The Kier molecular flexibility index (Phi) is 4.99. The molecule has 0 aromatic carbocycles. The first kappa shape index (κ1) is 15.3. The Morgan fingerprint density at radius 3 is 2.70 bits per heavy atom. The molecule has 1 heterocycles. The number of aliphatic hydroxyl groups excluding tert-OH is 1. The van der Waals surface area contributed by atoms with Crippen molar-refractivity contribution in [2.75, 3.05) is 6.61 Å². The average Bonchev–Trinajstić information content (AvgIpc) is 3.17. The van der Waals surface area contributed by atoms with Crippen molar-refractivity contribution in [1.82, 2.24) is 15.6 Å². The molecule has 1 aliphatic rings. The topological polar surface area (TPSA) is 74.2 Å². The largest absolute Gasteiger partial charge is 0.396 e. The van der Waals surface area contributed by atoms with E-state index in [1.807, 2.05) is 26.2 Å². The molecule has 1 aromatic rings. The maximum atomic E-state index is 12.1. The van der Waals surface area contributed by atoms with Gasteiger partial charge in [-0.25, -0.2) is 9.78 Å². The van der Waals surface area contributed by atoms with Crippen molar-refractivity contribution in [2.45, 2.75) is 45.7 Å². The predicted octanol–water partition coefficient (Wildman–Crippen LogP) is 2.22. The molecule has 20 heavy (non-hydrogen) atoms. The summed E-state index contributed by atoms with van der Waals surface area (Å²) in [4.78, 5) is 16.6. The highest BCUT2D eigenvalue weighted by atomic mass is 32.1. The Hall–Kier alpha value is -1.14. The van der Waals surface area contributed by atoms with E-state index in [1.54, 1.807) is 11.3 Å². The lowest BCUT2D eigenvalue weighted by molar-refractivity contribution is 0.198. The van der Waals surface area contributed by atoms with Crippen molar-refractivity contribution in [2.24, 2.45) is 11.8 Å². The molecule has 0 radical (unpaired) electrons. The Bertz CT molecular complexity index is 459. The van der Waals surface area contributed by atoms with E-state index in [4.69, 9.17) is 5.11 Å². The summed E-state index contributed by atoms with van der Waals surface area (Å²) in [6.45, 7) is 5.85. The fourth-order valence-electron chi connectivity index (χ4n) is 2.02. The van der Waals surface area contributed by atoms with E-state index in [2.05, 4.69) is 15.6 Å². The van der Waals surface area contributed by atoms with Crippen LogP contribution in [-0.4, -0.2) is 28.8 Å². The van der Waals surface area contributed by atoms with Gasteiger partial charge >= 0.3 is 6.03 Å². The quantitative estimate of drug-likeness (QED) is 0.753. The second-order valence-electron chi connectivity index (χ2n) is 5.71. The molecular formula is C14H23N3O2S. The Balaban J connectivity index is 1.93. The lowest BCUT2D eigenvalue weighted by Crippen LogP contribution is -2.45. The number of carbonyl (C=O) groups is 1. The number of amides is 2. The summed E-state index contributed by atoms with van der Waals surface area (Å²) in [6.07, 6.45) is 2.29. The minimum atomic E-state index is -0.178. The number of rotatable bonds is 6. The number of nitrogens with zero attached hydrogens (tertiary/aromatic N) is 1. The molecule has 1 aromatic heterocycles. The number of hydrogen-bond acceptors (Lipinski definition) is 4. The van der Waals surface area contributed by atoms with Crippen LogP contribution in [-0.2, 0) is 0 Å². The maximum Gasteiger partial charge on any atom is 0.315 e. The van der Waals surface area contributed by atoms with Crippen molar-refractivity contribution < 1.29 is 9.90 Å². The summed E-state index contributed by atoms with van der Waals surface area (Å²) in [6, 6.07) is -0.217. The Morgan fingerprint density at radius 1 is 1.50 bits per heavy atom. The summed E-state index contributed by atoms with van der Waals surface area (Å²) in [5.41, 5.74) is 1.00. The SMILES string of the molecule is Cc1csc(C(NC(=O)NC(C)C(C)CO)C2CC2)n1. The summed E-state index contributed by atoms with van der Waals surface area (Å²) >= 11 is 1.60. The minimum Gasteiger partial charge on any atom is -0.396 e. The molecule has 1 fully saturated rings. The summed E-state index contributed by atoms with van der Waals surface area (Å²) in [5, 5.41) is 18.0. The molecule has 3 atom stereocenters. The lowest BCUT2D eigenvalue weighted by Gasteiger charge is -2.22. The number of thiazole rings is 1. The van der Waals surface area contributed by atoms with Gasteiger partial charge in [-0.05, 0) is 38.5 Å². The fraction of sp³-hybridized carbons (Fsp3) is 0.714. The standard InChI is InChI=1S/C14H23N3O2S/c1-8(6-18)10(3)16-14(19)17-12(11-4-5-11)13-15-9(2)7-20-13/h7-8,10-12,18H,4-6H2,1-3H3,(H2,16,17,19). The van der Waals surface area contributed by atoms with Gasteiger partial charge in [0.1, 0.15) is 5.01 Å². The third kappa shape index (κ3) is 3.93. The van der Waals surface area contributed by atoms with Gasteiger partial charge in [0.25, 0.3) is 0 Å². The van der Waals surface area contributed by atoms with Crippen LogP contribution < -0.4 is 10.6 Å². The monoisotopic (exact) mass is 297 g/mol. The second-order valence-corrected chi connectivity index (χ2v) is 6.60. The molecular weight excluding hydrogens is 274 g/mol. The molecule has 3 N–H and O–H groups in total. The molecule has 3 unspecified atom stereocenters. The molecule has 1 aliphatic carbocycles. The first-order chi connectivity index (χ1) is 9.51. The van der Waals surface area contributed by atoms with E-state index in [-0.39, 0.29) is 30.6 Å². The average molecular weight is 297 g/mol. The fourth-order valence-corrected chi connectivity index (χ4v) is 2.95. The van der Waals surface area contributed by atoms with Gasteiger partial charge in [0.2, 0.25) is 0 Å². The van der Waals surface area contributed by atoms with Gasteiger partial charge in [-0.3, -0.25) is 0 Å². The zero-order valence-electron chi connectivity index (χ0n) is 12.2. The van der Waals surface area contributed by atoms with Gasteiger partial charge in [-0.2, -0.15) is 0 Å². The first-order valence-electron chi connectivity index (χ1n) is 7.11. The normalized spacial score (nSPS) is 19.2. The molecule has 112 valence electrons. The van der Waals surface area contributed by atoms with Crippen LogP contribution in [0, 0.1) is 18.8 Å². The molecule has 0 saturated heterocycles. The van der Waals surface area contributed by atoms with Gasteiger partial charge in [0.05, 0.1) is 6.04 Å². The van der Waals surface area contributed by atoms with Crippen molar-refractivity contribution in [3.8, 4) is 0 Å². The van der Waals surface area contributed by atoms with Crippen molar-refractivity contribution in [3.05, 3.63) is 16.1 Å². The van der Waals surface area contributed by atoms with Crippen molar-refractivity contribution in [1.29, 1.82) is 0 Å². The molecule has 0 bridgehead atoms. The molecule has 6 heteroatoms. The molecule has 0 spiro atoms. The summed E-state index contributed by atoms with van der Waals surface area (Å²) in [7, 11) is 0. The Morgan fingerprint density at radius 2 is 2.20 bits per heavy atom. The summed E-state index contributed by atoms with van der Waals surface area (Å²) < 4.78 is 0. The van der Waals surface area contributed by atoms with Gasteiger partial charge in [-0.1, -0.05) is 6.92 Å². The van der Waals surface area contributed by atoms with E-state index in [0.717, 1.165) is 23.5 Å². The Labute approximate surface area is 123 Å². The number of aromatic nitrogens is 1. The first-order valence-corrected chi connectivity index (χ1v) is 7.99. The molecule has 2 amide bonds. The number of carbonyl (C=O) groups excluding carboxylic acids is 1. The van der Waals surface area contributed by atoms with E-state index in [0.29, 0.717) is 5.92 Å². The van der Waals surface area contributed by atoms with Crippen LogP contribution in [0.5, 0.6) is 0 Å². The van der Waals surface area contributed by atoms with Crippen LogP contribution in [0.4, 0.5) is 4.79 Å². The van der Waals surface area contributed by atoms with E-state index >= 15 is 0 Å². The number of urea groups is 1. The smallest absolute Gasteiger partial charge is 0.315 e.